The first-order valence-electron chi connectivity index (χ1n) is 15.5. The summed E-state index contributed by atoms with van der Waals surface area (Å²) in [5.41, 5.74) is 0. The highest BCUT2D eigenvalue weighted by atomic mass is 28.4. The van der Waals surface area contributed by atoms with Crippen LogP contribution in [0.4, 0.5) is 0 Å². The first-order valence-corrected chi connectivity index (χ1v) is 21.3. The molecule has 0 rings (SSSR count). The molecule has 0 aromatic carbocycles. The number of aliphatic hydroxyl groups excluding tert-OH is 2. The van der Waals surface area contributed by atoms with Gasteiger partial charge in [0.2, 0.25) is 0 Å². The predicted molar refractivity (Wildman–Crippen MR) is 176 cm³/mol. The fraction of sp³-hybridized carbons (Fsp3) is 0.879. The maximum absolute atomic E-state index is 11.2. The van der Waals surface area contributed by atoms with Crippen molar-refractivity contribution >= 4 is 16.6 Å². The Morgan fingerprint density at radius 3 is 1.72 bits per heavy atom. The van der Waals surface area contributed by atoms with E-state index < -0.39 is 22.7 Å². The van der Waals surface area contributed by atoms with Gasteiger partial charge in [-0.2, -0.15) is 0 Å². The average molecular weight is 585 g/mol. The summed E-state index contributed by atoms with van der Waals surface area (Å²) < 4.78 is 13.9. The Morgan fingerprint density at radius 2 is 1.28 bits per heavy atom. The van der Waals surface area contributed by atoms with Crippen LogP contribution in [0.3, 0.4) is 0 Å². The van der Waals surface area contributed by atoms with Crippen LogP contribution in [0.5, 0.6) is 0 Å². The van der Waals surface area contributed by atoms with Crippen LogP contribution < -0.4 is 0 Å². The molecule has 0 aliphatic heterocycles. The smallest absolute Gasteiger partial charge is 0.192 e. The molecule has 0 unspecified atom stereocenters. The molecular weight excluding hydrogens is 517 g/mol. The van der Waals surface area contributed by atoms with Crippen LogP contribution in [0.1, 0.15) is 95.4 Å². The molecule has 0 radical (unpaired) electrons. The van der Waals surface area contributed by atoms with Crippen LogP contribution in [0.25, 0.3) is 0 Å². The molecule has 8 atom stereocenters. The lowest BCUT2D eigenvalue weighted by Gasteiger charge is -2.43. The Hall–Kier alpha value is -0.246. The topological polar surface area (TPSA) is 58.9 Å². The van der Waals surface area contributed by atoms with Crippen molar-refractivity contribution in [2.24, 2.45) is 29.6 Å². The van der Waals surface area contributed by atoms with Crippen molar-refractivity contribution in [1.29, 1.82) is 0 Å². The van der Waals surface area contributed by atoms with Gasteiger partial charge in [-0.1, -0.05) is 101 Å². The zero-order valence-electron chi connectivity index (χ0n) is 28.6. The summed E-state index contributed by atoms with van der Waals surface area (Å²) in [6, 6.07) is 0. The van der Waals surface area contributed by atoms with Crippen molar-refractivity contribution in [3.8, 4) is 0 Å². The molecule has 0 heterocycles. The SMILES string of the molecule is C=C/C=C\[C@H](C)[C@H](O)[C@@H](C)[C@@H](CC[C@H](C)C[C@H](C)[C@@H](O[Si](C)(C)C(C)(C)C)[C@@H](C)CO)O[Si](C)(C)C(C)(C)C. The second kappa shape index (κ2) is 15.8. The van der Waals surface area contributed by atoms with Crippen LogP contribution in [0.2, 0.25) is 36.3 Å². The molecule has 0 spiro atoms. The van der Waals surface area contributed by atoms with Gasteiger partial charge in [-0.05, 0) is 67.4 Å². The van der Waals surface area contributed by atoms with Crippen molar-refractivity contribution in [2.75, 3.05) is 6.61 Å². The van der Waals surface area contributed by atoms with Crippen LogP contribution in [-0.4, -0.2) is 51.8 Å². The highest BCUT2D eigenvalue weighted by Gasteiger charge is 2.43. The highest BCUT2D eigenvalue weighted by Crippen LogP contribution is 2.41. The van der Waals surface area contributed by atoms with Gasteiger partial charge in [0.25, 0.3) is 0 Å². The minimum absolute atomic E-state index is 0.00822. The normalized spacial score (nSPS) is 20.2. The van der Waals surface area contributed by atoms with E-state index in [1.54, 1.807) is 6.08 Å². The summed E-state index contributed by atoms with van der Waals surface area (Å²) in [6.07, 6.45) is 8.32. The summed E-state index contributed by atoms with van der Waals surface area (Å²) >= 11 is 0. The van der Waals surface area contributed by atoms with Crippen molar-refractivity contribution in [3.63, 3.8) is 0 Å². The molecule has 2 N–H and O–H groups in total. The van der Waals surface area contributed by atoms with Gasteiger partial charge < -0.3 is 19.1 Å². The van der Waals surface area contributed by atoms with E-state index in [0.29, 0.717) is 11.8 Å². The molecule has 39 heavy (non-hydrogen) atoms. The number of hydrogen-bond acceptors (Lipinski definition) is 4. The summed E-state index contributed by atoms with van der Waals surface area (Å²) in [7, 11) is -3.97. The van der Waals surface area contributed by atoms with Gasteiger partial charge in [-0.25, -0.2) is 0 Å². The molecule has 0 bridgehead atoms. The zero-order chi connectivity index (χ0) is 31.0. The van der Waals surface area contributed by atoms with Gasteiger partial charge in [-0.15, -0.1) is 0 Å². The van der Waals surface area contributed by atoms with Gasteiger partial charge >= 0.3 is 0 Å². The van der Waals surface area contributed by atoms with E-state index in [9.17, 15) is 10.2 Å². The van der Waals surface area contributed by atoms with Crippen molar-refractivity contribution < 1.29 is 19.1 Å². The van der Waals surface area contributed by atoms with Crippen LogP contribution >= 0.6 is 0 Å². The number of aliphatic hydroxyl groups is 2. The molecular formula is C33H68O4Si2. The van der Waals surface area contributed by atoms with E-state index in [-0.39, 0.29) is 46.6 Å². The fourth-order valence-electron chi connectivity index (χ4n) is 4.80. The Balaban J connectivity index is 5.71. The summed E-state index contributed by atoms with van der Waals surface area (Å²) in [5, 5.41) is 21.5. The molecule has 0 saturated heterocycles. The maximum atomic E-state index is 11.2. The van der Waals surface area contributed by atoms with Gasteiger partial charge in [0.05, 0.1) is 18.3 Å². The van der Waals surface area contributed by atoms with Gasteiger partial charge in [0.15, 0.2) is 16.6 Å². The molecule has 0 aromatic rings. The minimum atomic E-state index is -2.01. The number of allylic oxidation sites excluding steroid dienone is 2. The molecule has 6 heteroatoms. The monoisotopic (exact) mass is 584 g/mol. The summed E-state index contributed by atoms with van der Waals surface area (Å²) in [6.45, 7) is 37.8. The molecule has 0 saturated carbocycles. The van der Waals surface area contributed by atoms with Gasteiger partial charge in [-0.3, -0.25) is 0 Å². The Bertz CT molecular complexity index is 735. The maximum Gasteiger partial charge on any atom is 0.192 e. The Morgan fingerprint density at radius 1 is 0.795 bits per heavy atom. The molecule has 4 nitrogen and oxygen atoms in total. The molecule has 0 aliphatic rings. The third-order valence-corrected chi connectivity index (χ3v) is 18.8. The Labute approximate surface area is 246 Å². The van der Waals surface area contributed by atoms with Crippen molar-refractivity contribution in [2.45, 2.75) is 150 Å². The quantitative estimate of drug-likeness (QED) is 0.132. The minimum Gasteiger partial charge on any atom is -0.414 e. The lowest BCUT2D eigenvalue weighted by atomic mass is 9.83. The van der Waals surface area contributed by atoms with Crippen molar-refractivity contribution in [1.82, 2.24) is 0 Å². The molecule has 0 aromatic heterocycles. The summed E-state index contributed by atoms with van der Waals surface area (Å²) in [4.78, 5) is 0. The first kappa shape index (κ1) is 38.8. The lowest BCUT2D eigenvalue weighted by molar-refractivity contribution is 0.00254. The van der Waals surface area contributed by atoms with Crippen LogP contribution in [0, 0.1) is 29.6 Å². The largest absolute Gasteiger partial charge is 0.414 e. The second-order valence-corrected chi connectivity index (χ2v) is 25.2. The van der Waals surface area contributed by atoms with Crippen molar-refractivity contribution in [3.05, 3.63) is 24.8 Å². The molecule has 0 fully saturated rings. The lowest BCUT2D eigenvalue weighted by Crippen LogP contribution is -2.48. The van der Waals surface area contributed by atoms with E-state index in [1.165, 1.54) is 0 Å². The third-order valence-electron chi connectivity index (χ3n) is 9.83. The second-order valence-electron chi connectivity index (χ2n) is 15.6. The third kappa shape index (κ3) is 12.3. The van der Waals surface area contributed by atoms with Gasteiger partial charge in [0, 0.05) is 24.4 Å². The van der Waals surface area contributed by atoms with Gasteiger partial charge in [0.1, 0.15) is 0 Å². The van der Waals surface area contributed by atoms with Crippen LogP contribution in [-0.2, 0) is 8.85 Å². The average Bonchev–Trinajstić information content (AvgIpc) is 2.80. The zero-order valence-corrected chi connectivity index (χ0v) is 30.6. The molecule has 0 aliphatic carbocycles. The van der Waals surface area contributed by atoms with E-state index >= 15 is 0 Å². The van der Waals surface area contributed by atoms with Crippen LogP contribution in [0.15, 0.2) is 24.8 Å². The van der Waals surface area contributed by atoms with E-state index in [1.807, 2.05) is 12.2 Å². The molecule has 232 valence electrons. The van der Waals surface area contributed by atoms with E-state index in [0.717, 1.165) is 19.3 Å². The number of rotatable bonds is 17. The number of hydrogen-bond donors (Lipinski definition) is 2. The first-order chi connectivity index (χ1) is 17.5. The highest BCUT2D eigenvalue weighted by molar-refractivity contribution is 6.74. The predicted octanol–water partition coefficient (Wildman–Crippen LogP) is 9.21. The van der Waals surface area contributed by atoms with E-state index in [4.69, 9.17) is 8.85 Å². The Kier molecular flexibility index (Phi) is 15.7. The summed E-state index contributed by atoms with van der Waals surface area (Å²) in [5.74, 6) is 1.01. The van der Waals surface area contributed by atoms with E-state index in [2.05, 4.69) is 109 Å². The fourth-order valence-corrected chi connectivity index (χ4v) is 7.74. The molecule has 0 amide bonds. The standard InChI is InChI=1S/C33H68O4Si2/c1-17-18-19-25(3)30(35)28(6)29(36-38(13,14)32(7,8)9)21-20-24(2)22-26(4)31(27(5)23-34)37-39(15,16)33(10,11)12/h17-19,24-31,34-35H,1,20-23H2,2-16H3/b19-18-/t24-,25-,26-,27-,28-,29+,30-,31+/m0/s1.